The van der Waals surface area contributed by atoms with E-state index in [-0.39, 0.29) is 0 Å². The van der Waals surface area contributed by atoms with Gasteiger partial charge in [0.05, 0.1) is 51.1 Å². The van der Waals surface area contributed by atoms with Gasteiger partial charge in [0.1, 0.15) is 5.82 Å². The van der Waals surface area contributed by atoms with Crippen LogP contribution in [0.2, 0.25) is 10.0 Å². The predicted octanol–water partition coefficient (Wildman–Crippen LogP) is 4.50. The number of morpholine rings is 1. The van der Waals surface area contributed by atoms with Crippen molar-refractivity contribution >= 4 is 56.5 Å². The van der Waals surface area contributed by atoms with Crippen molar-refractivity contribution in [3.05, 3.63) is 46.6 Å². The number of H-pyrrole nitrogens is 1. The third-order valence-corrected chi connectivity index (χ3v) is 5.87. The number of nitrogens with two attached hydrogens (primary N) is 1. The van der Waals surface area contributed by atoms with Crippen LogP contribution in [0.3, 0.4) is 0 Å². The smallest absolute Gasteiger partial charge is 0.142 e. The van der Waals surface area contributed by atoms with E-state index in [4.69, 9.17) is 38.7 Å². The molecule has 1 aliphatic rings. The molecule has 0 saturated carbocycles. The van der Waals surface area contributed by atoms with Crippen molar-refractivity contribution in [1.82, 2.24) is 15.0 Å². The second kappa shape index (κ2) is 6.81. The standard InChI is InChI=1S/C20H17Cl2N5O/c21-13-2-4-15-17(18(13)22)19(23)12(10-24-15)20-25-14-3-1-11(9-16(14)26-20)27-5-7-28-8-6-27/h1-4,9-10H,5-8H2,(H2,23,24)(H,25,26). The van der Waals surface area contributed by atoms with Crippen LogP contribution >= 0.6 is 23.2 Å². The number of nitrogen functional groups attached to an aromatic ring is 1. The van der Waals surface area contributed by atoms with E-state index in [1.165, 1.54) is 0 Å². The van der Waals surface area contributed by atoms with Gasteiger partial charge in [0.25, 0.3) is 0 Å². The number of hydrogen-bond acceptors (Lipinski definition) is 5. The van der Waals surface area contributed by atoms with E-state index in [2.05, 4.69) is 27.0 Å². The average molecular weight is 414 g/mol. The molecule has 0 spiro atoms. The zero-order valence-corrected chi connectivity index (χ0v) is 16.4. The van der Waals surface area contributed by atoms with Gasteiger partial charge >= 0.3 is 0 Å². The SMILES string of the molecule is Nc1c(-c2nc3cc(N4CCOCC4)ccc3[nH]2)cnc2ccc(Cl)c(Cl)c12. The number of nitrogens with one attached hydrogen (secondary N) is 1. The molecule has 0 bridgehead atoms. The molecule has 1 aliphatic heterocycles. The molecule has 1 fully saturated rings. The van der Waals surface area contributed by atoms with Crippen LogP contribution in [0.15, 0.2) is 36.5 Å². The molecule has 2 aromatic carbocycles. The van der Waals surface area contributed by atoms with Gasteiger partial charge in [-0.1, -0.05) is 23.2 Å². The van der Waals surface area contributed by atoms with E-state index in [1.54, 1.807) is 18.3 Å². The Labute approximate surface area is 171 Å². The molecule has 3 heterocycles. The minimum absolute atomic E-state index is 0.400. The lowest BCUT2D eigenvalue weighted by Crippen LogP contribution is -2.36. The lowest BCUT2D eigenvalue weighted by molar-refractivity contribution is 0.122. The van der Waals surface area contributed by atoms with Crippen molar-refractivity contribution in [2.75, 3.05) is 36.9 Å². The second-order valence-corrected chi connectivity index (χ2v) is 7.51. The van der Waals surface area contributed by atoms with Gasteiger partial charge in [0.2, 0.25) is 0 Å². The van der Waals surface area contributed by atoms with Gasteiger partial charge in [-0.2, -0.15) is 0 Å². The Morgan fingerprint density at radius 2 is 1.89 bits per heavy atom. The molecule has 2 aromatic heterocycles. The van der Waals surface area contributed by atoms with Gasteiger partial charge in [0.15, 0.2) is 0 Å². The fourth-order valence-electron chi connectivity index (χ4n) is 3.57. The van der Waals surface area contributed by atoms with Gasteiger partial charge in [-0.25, -0.2) is 4.98 Å². The number of ether oxygens (including phenoxy) is 1. The van der Waals surface area contributed by atoms with Crippen LogP contribution in [-0.2, 0) is 4.74 Å². The maximum absolute atomic E-state index is 6.42. The fourth-order valence-corrected chi connectivity index (χ4v) is 3.99. The van der Waals surface area contributed by atoms with Crippen molar-refractivity contribution in [1.29, 1.82) is 0 Å². The normalized spacial score (nSPS) is 14.9. The Kier molecular flexibility index (Phi) is 4.27. The molecule has 0 aliphatic carbocycles. The van der Waals surface area contributed by atoms with Gasteiger partial charge in [0, 0.05) is 30.4 Å². The molecular weight excluding hydrogens is 397 g/mol. The first kappa shape index (κ1) is 17.6. The van der Waals surface area contributed by atoms with Crippen LogP contribution in [0.4, 0.5) is 11.4 Å². The summed E-state index contributed by atoms with van der Waals surface area (Å²) < 4.78 is 5.43. The first-order chi connectivity index (χ1) is 13.6. The minimum Gasteiger partial charge on any atom is -0.397 e. The Balaban J connectivity index is 1.61. The van der Waals surface area contributed by atoms with Crippen molar-refractivity contribution in [3.63, 3.8) is 0 Å². The van der Waals surface area contributed by atoms with Crippen LogP contribution in [0.25, 0.3) is 33.3 Å². The molecule has 0 radical (unpaired) electrons. The zero-order valence-electron chi connectivity index (χ0n) is 14.9. The summed E-state index contributed by atoms with van der Waals surface area (Å²) in [6.07, 6.45) is 1.71. The van der Waals surface area contributed by atoms with Crippen LogP contribution in [0.5, 0.6) is 0 Å². The molecule has 0 unspecified atom stereocenters. The largest absolute Gasteiger partial charge is 0.397 e. The Morgan fingerprint density at radius 1 is 1.07 bits per heavy atom. The summed E-state index contributed by atoms with van der Waals surface area (Å²) in [7, 11) is 0. The van der Waals surface area contributed by atoms with E-state index in [0.29, 0.717) is 38.0 Å². The summed E-state index contributed by atoms with van der Waals surface area (Å²) in [5.74, 6) is 0.650. The molecule has 4 aromatic rings. The molecular formula is C20H17Cl2N5O. The number of halogens is 2. The molecule has 8 heteroatoms. The number of rotatable bonds is 2. The van der Waals surface area contributed by atoms with E-state index in [1.807, 2.05) is 6.07 Å². The molecule has 6 nitrogen and oxygen atoms in total. The summed E-state index contributed by atoms with van der Waals surface area (Å²) in [4.78, 5) is 14.9. The van der Waals surface area contributed by atoms with Crippen molar-refractivity contribution in [2.45, 2.75) is 0 Å². The number of benzene rings is 2. The number of imidazole rings is 1. The van der Waals surface area contributed by atoms with Gasteiger partial charge in [-0.3, -0.25) is 4.98 Å². The average Bonchev–Trinajstić information content (AvgIpc) is 3.14. The van der Waals surface area contributed by atoms with Crippen LogP contribution in [-0.4, -0.2) is 41.3 Å². The third-order valence-electron chi connectivity index (χ3n) is 5.06. The Hall–Kier alpha value is -2.54. The monoisotopic (exact) mass is 413 g/mol. The van der Waals surface area contributed by atoms with E-state index in [0.717, 1.165) is 43.0 Å². The number of hydrogen-bond donors (Lipinski definition) is 2. The minimum atomic E-state index is 0.400. The molecule has 28 heavy (non-hydrogen) atoms. The molecule has 1 saturated heterocycles. The number of fused-ring (bicyclic) bond motifs is 2. The Morgan fingerprint density at radius 3 is 2.71 bits per heavy atom. The highest BCUT2D eigenvalue weighted by Gasteiger charge is 2.17. The van der Waals surface area contributed by atoms with Gasteiger partial charge in [-0.15, -0.1) is 0 Å². The molecule has 3 N–H and O–H groups in total. The second-order valence-electron chi connectivity index (χ2n) is 6.73. The number of nitrogens with zero attached hydrogens (tertiary/aromatic N) is 3. The molecule has 5 rings (SSSR count). The van der Waals surface area contributed by atoms with Crippen LogP contribution < -0.4 is 10.6 Å². The summed E-state index contributed by atoms with van der Waals surface area (Å²) in [5.41, 5.74) is 11.3. The number of aromatic nitrogens is 3. The number of anilines is 2. The molecule has 0 amide bonds. The van der Waals surface area contributed by atoms with Crippen molar-refractivity contribution in [3.8, 4) is 11.4 Å². The van der Waals surface area contributed by atoms with Crippen molar-refractivity contribution < 1.29 is 4.74 Å². The highest BCUT2D eigenvalue weighted by Crippen LogP contribution is 2.38. The highest BCUT2D eigenvalue weighted by molar-refractivity contribution is 6.46. The highest BCUT2D eigenvalue weighted by atomic mass is 35.5. The van der Waals surface area contributed by atoms with Gasteiger partial charge in [-0.05, 0) is 30.3 Å². The van der Waals surface area contributed by atoms with E-state index < -0.39 is 0 Å². The lowest BCUT2D eigenvalue weighted by Gasteiger charge is -2.28. The van der Waals surface area contributed by atoms with E-state index in [9.17, 15) is 0 Å². The lowest BCUT2D eigenvalue weighted by atomic mass is 10.1. The summed E-state index contributed by atoms with van der Waals surface area (Å²) >= 11 is 12.5. The topological polar surface area (TPSA) is 80.1 Å². The summed E-state index contributed by atoms with van der Waals surface area (Å²) in [6, 6.07) is 9.72. The summed E-state index contributed by atoms with van der Waals surface area (Å²) in [6.45, 7) is 3.24. The number of aromatic amines is 1. The fraction of sp³-hybridized carbons (Fsp3) is 0.200. The predicted molar refractivity (Wildman–Crippen MR) is 114 cm³/mol. The molecule has 0 atom stereocenters. The zero-order chi connectivity index (χ0) is 19.3. The summed E-state index contributed by atoms with van der Waals surface area (Å²) in [5, 5.41) is 1.48. The van der Waals surface area contributed by atoms with E-state index >= 15 is 0 Å². The first-order valence-corrected chi connectivity index (χ1v) is 9.72. The third kappa shape index (κ3) is 2.85. The number of pyridine rings is 1. The maximum Gasteiger partial charge on any atom is 0.142 e. The van der Waals surface area contributed by atoms with Crippen LogP contribution in [0.1, 0.15) is 0 Å². The van der Waals surface area contributed by atoms with Crippen molar-refractivity contribution in [2.24, 2.45) is 0 Å². The quantitative estimate of drug-likeness (QED) is 0.505. The first-order valence-electron chi connectivity index (χ1n) is 8.97. The van der Waals surface area contributed by atoms with Crippen LogP contribution in [0, 0.1) is 0 Å². The maximum atomic E-state index is 6.42. The Bertz CT molecular complexity index is 1200. The molecule has 142 valence electrons. The van der Waals surface area contributed by atoms with Gasteiger partial charge < -0.3 is 20.4 Å².